The van der Waals surface area contributed by atoms with E-state index in [1.54, 1.807) is 35.6 Å². The van der Waals surface area contributed by atoms with Crippen molar-refractivity contribution in [3.05, 3.63) is 88.1 Å². The molecule has 4 rings (SSSR count). The Hall–Kier alpha value is -3.16. The molecule has 1 aromatic heterocycles. The summed E-state index contributed by atoms with van der Waals surface area (Å²) in [6.07, 6.45) is 0. The van der Waals surface area contributed by atoms with Crippen molar-refractivity contribution in [1.29, 1.82) is 0 Å². The molecule has 2 heterocycles. The normalized spacial score (nSPS) is 18.3. The van der Waals surface area contributed by atoms with E-state index in [2.05, 4.69) is 52.0 Å². The van der Waals surface area contributed by atoms with E-state index in [0.717, 1.165) is 24.5 Å². The third kappa shape index (κ3) is 5.96. The quantitative estimate of drug-likeness (QED) is 0.504. The summed E-state index contributed by atoms with van der Waals surface area (Å²) in [5.41, 5.74) is 2.39. The van der Waals surface area contributed by atoms with Crippen molar-refractivity contribution in [2.24, 2.45) is 5.92 Å². The average molecular weight is 449 g/mol. The van der Waals surface area contributed by atoms with E-state index in [9.17, 15) is 9.59 Å². The number of rotatable bonds is 7. The molecule has 6 nitrogen and oxygen atoms in total. The zero-order valence-corrected chi connectivity index (χ0v) is 18.9. The maximum atomic E-state index is 12.6. The molecule has 0 aliphatic carbocycles. The van der Waals surface area contributed by atoms with E-state index < -0.39 is 0 Å². The van der Waals surface area contributed by atoms with Crippen LogP contribution in [-0.4, -0.2) is 36.0 Å². The summed E-state index contributed by atoms with van der Waals surface area (Å²) in [6, 6.07) is 21.1. The van der Waals surface area contributed by atoms with E-state index >= 15 is 0 Å². The van der Waals surface area contributed by atoms with Crippen molar-refractivity contribution < 1.29 is 9.59 Å². The maximum absolute atomic E-state index is 12.6. The van der Waals surface area contributed by atoms with Crippen LogP contribution in [0.1, 0.15) is 27.7 Å². The van der Waals surface area contributed by atoms with Gasteiger partial charge >= 0.3 is 6.03 Å². The van der Waals surface area contributed by atoms with Crippen molar-refractivity contribution in [2.75, 3.05) is 18.4 Å². The summed E-state index contributed by atoms with van der Waals surface area (Å²) in [5, 5.41) is 10.9. The van der Waals surface area contributed by atoms with Gasteiger partial charge in [-0.05, 0) is 41.1 Å². The molecule has 3 N–H and O–H groups in total. The molecule has 32 heavy (non-hydrogen) atoms. The molecule has 1 aliphatic heterocycles. The number of likely N-dealkylation sites (tertiary alicyclic amines) is 1. The number of nitrogens with zero attached hydrogens (tertiary/aromatic N) is 1. The van der Waals surface area contributed by atoms with Crippen molar-refractivity contribution in [3.8, 4) is 0 Å². The fourth-order valence-corrected chi connectivity index (χ4v) is 4.63. The Balaban J connectivity index is 1.28. The van der Waals surface area contributed by atoms with Gasteiger partial charge in [0.25, 0.3) is 5.91 Å². The maximum Gasteiger partial charge on any atom is 0.319 e. The number of benzene rings is 2. The number of hydrogen-bond donors (Lipinski definition) is 3. The highest BCUT2D eigenvalue weighted by molar-refractivity contribution is 7.09. The molecule has 2 aromatic carbocycles. The van der Waals surface area contributed by atoms with Crippen molar-refractivity contribution in [3.63, 3.8) is 0 Å². The Morgan fingerprint density at radius 2 is 1.88 bits per heavy atom. The highest BCUT2D eigenvalue weighted by Crippen LogP contribution is 2.19. The lowest BCUT2D eigenvalue weighted by atomic mass is 10.1. The summed E-state index contributed by atoms with van der Waals surface area (Å²) in [5.74, 6) is 0.197. The van der Waals surface area contributed by atoms with E-state index in [1.807, 2.05) is 23.6 Å². The van der Waals surface area contributed by atoms with Gasteiger partial charge in [0.15, 0.2) is 0 Å². The fourth-order valence-electron chi connectivity index (χ4n) is 3.98. The first-order valence-electron chi connectivity index (χ1n) is 10.8. The SMILES string of the molecule is CC1CN(Cc2ccccc2)CC1NC(=O)Nc1cccc(C(=O)NCc2cccs2)c1. The molecule has 0 spiro atoms. The summed E-state index contributed by atoms with van der Waals surface area (Å²) >= 11 is 1.60. The average Bonchev–Trinajstić information content (AvgIpc) is 3.42. The minimum Gasteiger partial charge on any atom is -0.347 e. The Morgan fingerprint density at radius 1 is 1.03 bits per heavy atom. The third-order valence-corrected chi connectivity index (χ3v) is 6.52. The Bertz CT molecular complexity index is 1040. The van der Waals surface area contributed by atoms with Gasteiger partial charge in [-0.2, -0.15) is 0 Å². The molecule has 3 aromatic rings. The zero-order chi connectivity index (χ0) is 22.3. The summed E-state index contributed by atoms with van der Waals surface area (Å²) in [7, 11) is 0. The molecule has 1 fully saturated rings. The highest BCUT2D eigenvalue weighted by Gasteiger charge is 2.30. The number of thiophene rings is 1. The van der Waals surface area contributed by atoms with E-state index in [-0.39, 0.29) is 18.0 Å². The number of urea groups is 1. The second kappa shape index (κ2) is 10.4. The van der Waals surface area contributed by atoms with Gasteiger partial charge in [-0.1, -0.05) is 49.4 Å². The van der Waals surface area contributed by atoms with Gasteiger partial charge < -0.3 is 16.0 Å². The van der Waals surface area contributed by atoms with Gasteiger partial charge in [-0.3, -0.25) is 9.69 Å². The van der Waals surface area contributed by atoms with Gasteiger partial charge in [0, 0.05) is 41.8 Å². The number of nitrogens with one attached hydrogen (secondary N) is 3. The lowest BCUT2D eigenvalue weighted by Crippen LogP contribution is -2.42. The molecule has 1 aliphatic rings. The molecule has 0 saturated carbocycles. The summed E-state index contributed by atoms with van der Waals surface area (Å²) in [6.45, 7) is 5.30. The minimum absolute atomic E-state index is 0.0796. The van der Waals surface area contributed by atoms with Gasteiger partial charge in [-0.25, -0.2) is 4.79 Å². The highest BCUT2D eigenvalue weighted by atomic mass is 32.1. The fraction of sp³-hybridized carbons (Fsp3) is 0.280. The first kappa shape index (κ1) is 22.0. The van der Waals surface area contributed by atoms with Crippen LogP contribution in [0.5, 0.6) is 0 Å². The predicted octanol–water partition coefficient (Wildman–Crippen LogP) is 4.32. The molecular formula is C25H28N4O2S. The van der Waals surface area contributed by atoms with Gasteiger partial charge in [0.2, 0.25) is 0 Å². The molecular weight excluding hydrogens is 420 g/mol. The zero-order valence-electron chi connectivity index (χ0n) is 18.1. The number of carbonyl (C=O) groups is 2. The number of carbonyl (C=O) groups excluding carboxylic acids is 2. The van der Waals surface area contributed by atoms with Crippen molar-refractivity contribution in [1.82, 2.24) is 15.5 Å². The second-order valence-corrected chi connectivity index (χ2v) is 9.24. The minimum atomic E-state index is -0.250. The molecule has 1 saturated heterocycles. The van der Waals surface area contributed by atoms with E-state index in [4.69, 9.17) is 0 Å². The second-order valence-electron chi connectivity index (χ2n) is 8.20. The smallest absolute Gasteiger partial charge is 0.319 e. The Morgan fingerprint density at radius 3 is 2.66 bits per heavy atom. The van der Waals surface area contributed by atoms with Crippen LogP contribution in [0.2, 0.25) is 0 Å². The van der Waals surface area contributed by atoms with Crippen molar-refractivity contribution in [2.45, 2.75) is 26.1 Å². The Kier molecular flexibility index (Phi) is 7.19. The van der Waals surface area contributed by atoms with Gasteiger partial charge in [-0.15, -0.1) is 11.3 Å². The topological polar surface area (TPSA) is 73.5 Å². The summed E-state index contributed by atoms with van der Waals surface area (Å²) < 4.78 is 0. The van der Waals surface area contributed by atoms with E-state index in [0.29, 0.717) is 23.7 Å². The van der Waals surface area contributed by atoms with Crippen LogP contribution < -0.4 is 16.0 Å². The molecule has 0 bridgehead atoms. The van der Waals surface area contributed by atoms with Crippen LogP contribution in [0.15, 0.2) is 72.1 Å². The summed E-state index contributed by atoms with van der Waals surface area (Å²) in [4.78, 5) is 28.5. The number of amides is 3. The van der Waals surface area contributed by atoms with Gasteiger partial charge in [0.05, 0.1) is 6.54 Å². The molecule has 2 atom stereocenters. The first-order chi connectivity index (χ1) is 15.6. The number of hydrogen-bond acceptors (Lipinski definition) is 4. The standard InChI is InChI=1S/C25H28N4O2S/c1-18-15-29(16-19-7-3-2-4-8-19)17-23(18)28-25(31)27-21-10-5-9-20(13-21)24(30)26-14-22-11-6-12-32-22/h2-13,18,23H,14-17H2,1H3,(H,26,30)(H2,27,28,31). The lowest BCUT2D eigenvalue weighted by molar-refractivity contribution is 0.0951. The van der Waals surface area contributed by atoms with Crippen LogP contribution in [0.4, 0.5) is 10.5 Å². The van der Waals surface area contributed by atoms with Crippen LogP contribution >= 0.6 is 11.3 Å². The molecule has 2 unspecified atom stereocenters. The van der Waals surface area contributed by atoms with Crippen LogP contribution in [0, 0.1) is 5.92 Å². The third-order valence-electron chi connectivity index (χ3n) is 5.64. The largest absolute Gasteiger partial charge is 0.347 e. The van der Waals surface area contributed by atoms with Crippen LogP contribution in [-0.2, 0) is 13.1 Å². The molecule has 3 amide bonds. The molecule has 0 radical (unpaired) electrons. The Labute approximate surface area is 192 Å². The molecule has 166 valence electrons. The van der Waals surface area contributed by atoms with E-state index in [1.165, 1.54) is 5.56 Å². The molecule has 7 heteroatoms. The number of anilines is 1. The predicted molar refractivity (Wildman–Crippen MR) is 129 cm³/mol. The lowest BCUT2D eigenvalue weighted by Gasteiger charge is -2.18. The van der Waals surface area contributed by atoms with Gasteiger partial charge in [0.1, 0.15) is 0 Å². The van der Waals surface area contributed by atoms with Crippen molar-refractivity contribution >= 4 is 29.0 Å². The van der Waals surface area contributed by atoms with Crippen LogP contribution in [0.3, 0.4) is 0 Å². The van der Waals surface area contributed by atoms with Crippen LogP contribution in [0.25, 0.3) is 0 Å². The monoisotopic (exact) mass is 448 g/mol. The first-order valence-corrected chi connectivity index (χ1v) is 11.7.